The lowest BCUT2D eigenvalue weighted by molar-refractivity contribution is 0.0693. The molecule has 3 aromatic rings. The van der Waals surface area contributed by atoms with Gasteiger partial charge in [0.2, 0.25) is 0 Å². The minimum absolute atomic E-state index is 0.0749. The van der Waals surface area contributed by atoms with Gasteiger partial charge in [0.1, 0.15) is 11.3 Å². The van der Waals surface area contributed by atoms with Gasteiger partial charge in [-0.25, -0.2) is 4.79 Å². The molecular weight excluding hydrogens is 410 g/mol. The van der Waals surface area contributed by atoms with Crippen molar-refractivity contribution in [1.82, 2.24) is 0 Å². The number of aromatic hydroxyl groups is 1. The average Bonchev–Trinajstić information content (AvgIpc) is 2.77. The molecule has 2 N–H and O–H groups in total. The van der Waals surface area contributed by atoms with Crippen molar-refractivity contribution in [2.45, 2.75) is 39.2 Å². The molecule has 0 aliphatic carbocycles. The molecule has 3 aromatic carbocycles. The number of aromatic carboxylic acids is 1. The average molecular weight is 438 g/mol. The maximum Gasteiger partial charge on any atom is 0.339 e. The van der Waals surface area contributed by atoms with Crippen molar-refractivity contribution in [2.75, 3.05) is 11.4 Å². The van der Waals surface area contributed by atoms with E-state index in [2.05, 4.69) is 36.1 Å². The number of halogens is 1. The molecule has 0 unspecified atom stereocenters. The second-order valence-corrected chi connectivity index (χ2v) is 8.13. The first-order chi connectivity index (χ1) is 15.0. The van der Waals surface area contributed by atoms with Crippen molar-refractivity contribution in [3.05, 3.63) is 82.9 Å². The largest absolute Gasteiger partial charge is 0.507 e. The normalized spacial score (nSPS) is 10.8. The van der Waals surface area contributed by atoms with Gasteiger partial charge < -0.3 is 15.1 Å². The summed E-state index contributed by atoms with van der Waals surface area (Å²) in [5.41, 5.74) is 4.09. The Morgan fingerprint density at radius 1 is 0.903 bits per heavy atom. The summed E-state index contributed by atoms with van der Waals surface area (Å²) < 4.78 is 0. The Kier molecular flexibility index (Phi) is 7.96. The van der Waals surface area contributed by atoms with Gasteiger partial charge in [0.15, 0.2) is 0 Å². The van der Waals surface area contributed by atoms with Crippen LogP contribution in [-0.2, 0) is 6.54 Å². The zero-order valence-electron chi connectivity index (χ0n) is 17.7. The molecule has 31 heavy (non-hydrogen) atoms. The van der Waals surface area contributed by atoms with E-state index in [4.69, 9.17) is 11.6 Å². The number of hydrogen-bond donors (Lipinski definition) is 2. The van der Waals surface area contributed by atoms with E-state index in [-0.39, 0.29) is 11.3 Å². The highest BCUT2D eigenvalue weighted by Crippen LogP contribution is 2.27. The Bertz CT molecular complexity index is 1000. The second-order valence-electron chi connectivity index (χ2n) is 7.69. The summed E-state index contributed by atoms with van der Waals surface area (Å²) in [6.45, 7) is 3.67. The zero-order chi connectivity index (χ0) is 22.2. The molecule has 0 spiro atoms. The van der Waals surface area contributed by atoms with Crippen molar-refractivity contribution < 1.29 is 15.0 Å². The molecule has 0 radical (unpaired) electrons. The molecule has 0 fully saturated rings. The standard InChI is InChI=1S/C26H28ClNO3/c1-2-3-4-5-16-28(23-14-15-25(29)24(17-23)26(30)31)18-19-6-8-20(9-7-19)21-10-12-22(27)13-11-21/h6-15,17,29H,2-5,16,18H2,1H3,(H,30,31). The highest BCUT2D eigenvalue weighted by atomic mass is 35.5. The third-order valence-corrected chi connectivity index (χ3v) is 5.61. The first-order valence-corrected chi connectivity index (χ1v) is 11.0. The maximum absolute atomic E-state index is 11.5. The van der Waals surface area contributed by atoms with Crippen LogP contribution in [0.1, 0.15) is 48.5 Å². The third kappa shape index (κ3) is 6.25. The molecule has 5 heteroatoms. The van der Waals surface area contributed by atoms with E-state index in [0.29, 0.717) is 11.6 Å². The van der Waals surface area contributed by atoms with Crippen LogP contribution in [0.2, 0.25) is 5.02 Å². The fraction of sp³-hybridized carbons (Fsp3) is 0.269. The number of unbranched alkanes of at least 4 members (excludes halogenated alkanes) is 3. The van der Waals surface area contributed by atoms with Crippen LogP contribution in [0.4, 0.5) is 5.69 Å². The van der Waals surface area contributed by atoms with Crippen LogP contribution in [0.3, 0.4) is 0 Å². The molecule has 4 nitrogen and oxygen atoms in total. The summed E-state index contributed by atoms with van der Waals surface area (Å²) >= 11 is 5.98. The van der Waals surface area contributed by atoms with E-state index in [1.165, 1.54) is 12.5 Å². The van der Waals surface area contributed by atoms with Gasteiger partial charge in [0.25, 0.3) is 0 Å². The van der Waals surface area contributed by atoms with Crippen LogP contribution < -0.4 is 4.90 Å². The molecule has 0 saturated carbocycles. The number of hydrogen-bond acceptors (Lipinski definition) is 3. The summed E-state index contributed by atoms with van der Waals surface area (Å²) in [6.07, 6.45) is 4.50. The molecule has 0 aliphatic rings. The summed E-state index contributed by atoms with van der Waals surface area (Å²) in [5.74, 6) is -1.34. The van der Waals surface area contributed by atoms with Gasteiger partial charge in [0.05, 0.1) is 0 Å². The van der Waals surface area contributed by atoms with Gasteiger partial charge in [0, 0.05) is 23.8 Å². The Morgan fingerprint density at radius 3 is 2.16 bits per heavy atom. The monoisotopic (exact) mass is 437 g/mol. The van der Waals surface area contributed by atoms with Gasteiger partial charge in [-0.3, -0.25) is 0 Å². The van der Waals surface area contributed by atoms with Gasteiger partial charge in [-0.1, -0.05) is 74.2 Å². The van der Waals surface area contributed by atoms with Crippen LogP contribution in [0.5, 0.6) is 5.75 Å². The number of benzene rings is 3. The number of carboxylic acids is 1. The minimum atomic E-state index is -1.13. The number of anilines is 1. The molecule has 3 rings (SSSR count). The molecule has 0 saturated heterocycles. The van der Waals surface area contributed by atoms with Gasteiger partial charge in [-0.05, 0) is 53.4 Å². The lowest BCUT2D eigenvalue weighted by Crippen LogP contribution is -2.24. The number of carboxylic acid groups (broad SMARTS) is 1. The predicted octanol–water partition coefficient (Wildman–Crippen LogP) is 7.00. The molecule has 0 bridgehead atoms. The van der Waals surface area contributed by atoms with Gasteiger partial charge >= 0.3 is 5.97 Å². The molecule has 0 atom stereocenters. The molecule has 162 valence electrons. The number of rotatable bonds is 10. The van der Waals surface area contributed by atoms with Crippen LogP contribution in [-0.4, -0.2) is 22.7 Å². The van der Waals surface area contributed by atoms with Gasteiger partial charge in [-0.15, -0.1) is 0 Å². The van der Waals surface area contributed by atoms with E-state index in [1.807, 2.05) is 24.3 Å². The zero-order valence-corrected chi connectivity index (χ0v) is 18.5. The number of phenols is 1. The smallest absolute Gasteiger partial charge is 0.339 e. The lowest BCUT2D eigenvalue weighted by atomic mass is 10.0. The Balaban J connectivity index is 1.80. The number of nitrogens with zero attached hydrogens (tertiary/aromatic N) is 1. The fourth-order valence-corrected chi connectivity index (χ4v) is 3.71. The Hall–Kier alpha value is -2.98. The van der Waals surface area contributed by atoms with Gasteiger partial charge in [-0.2, -0.15) is 0 Å². The summed E-state index contributed by atoms with van der Waals surface area (Å²) in [4.78, 5) is 13.6. The van der Waals surface area contributed by atoms with Crippen molar-refractivity contribution in [3.63, 3.8) is 0 Å². The Labute approximate surface area is 188 Å². The van der Waals surface area contributed by atoms with Crippen molar-refractivity contribution in [3.8, 4) is 16.9 Å². The topological polar surface area (TPSA) is 60.8 Å². The van der Waals surface area contributed by atoms with Crippen LogP contribution >= 0.6 is 11.6 Å². The van der Waals surface area contributed by atoms with Crippen LogP contribution in [0.15, 0.2) is 66.7 Å². The van der Waals surface area contributed by atoms with E-state index in [9.17, 15) is 15.0 Å². The third-order valence-electron chi connectivity index (χ3n) is 5.36. The van der Waals surface area contributed by atoms with E-state index < -0.39 is 5.97 Å². The van der Waals surface area contributed by atoms with Crippen molar-refractivity contribution in [1.29, 1.82) is 0 Å². The van der Waals surface area contributed by atoms with E-state index >= 15 is 0 Å². The molecule has 0 aromatic heterocycles. The molecule has 0 amide bonds. The Morgan fingerprint density at radius 2 is 1.55 bits per heavy atom. The van der Waals surface area contributed by atoms with Crippen molar-refractivity contribution in [2.24, 2.45) is 0 Å². The van der Waals surface area contributed by atoms with Crippen molar-refractivity contribution >= 4 is 23.3 Å². The molecule has 0 aliphatic heterocycles. The highest BCUT2D eigenvalue weighted by molar-refractivity contribution is 6.30. The number of carbonyl (C=O) groups is 1. The fourth-order valence-electron chi connectivity index (χ4n) is 3.59. The van der Waals surface area contributed by atoms with E-state index in [0.717, 1.165) is 48.2 Å². The van der Waals surface area contributed by atoms with Crippen LogP contribution in [0.25, 0.3) is 11.1 Å². The molecule has 0 heterocycles. The first kappa shape index (κ1) is 22.7. The predicted molar refractivity (Wildman–Crippen MR) is 127 cm³/mol. The lowest BCUT2D eigenvalue weighted by Gasteiger charge is -2.26. The SMILES string of the molecule is CCCCCCN(Cc1ccc(-c2ccc(Cl)cc2)cc1)c1ccc(O)c(C(=O)O)c1. The second kappa shape index (κ2) is 10.9. The van der Waals surface area contributed by atoms with Crippen LogP contribution in [0, 0.1) is 0 Å². The molecular formula is C26H28ClNO3. The summed E-state index contributed by atoms with van der Waals surface area (Å²) in [7, 11) is 0. The quantitative estimate of drug-likeness (QED) is 0.335. The first-order valence-electron chi connectivity index (χ1n) is 10.6. The highest BCUT2D eigenvalue weighted by Gasteiger charge is 2.14. The summed E-state index contributed by atoms with van der Waals surface area (Å²) in [6, 6.07) is 20.9. The maximum atomic E-state index is 11.5. The van der Waals surface area contributed by atoms with E-state index in [1.54, 1.807) is 12.1 Å². The summed E-state index contributed by atoms with van der Waals surface area (Å²) in [5, 5.41) is 20.0. The minimum Gasteiger partial charge on any atom is -0.507 e.